The Bertz CT molecular complexity index is 220. The second-order valence-corrected chi connectivity index (χ2v) is 5.22. The van der Waals surface area contributed by atoms with Gasteiger partial charge in [-0.2, -0.15) is 8.42 Å². The van der Waals surface area contributed by atoms with E-state index in [2.05, 4.69) is 13.8 Å². The molecule has 13 heavy (non-hydrogen) atoms. The molecule has 80 valence electrons. The van der Waals surface area contributed by atoms with E-state index in [9.17, 15) is 8.42 Å². The van der Waals surface area contributed by atoms with Gasteiger partial charge in [0.25, 0.3) is 10.1 Å². The van der Waals surface area contributed by atoms with E-state index in [-0.39, 0.29) is 6.42 Å². The highest BCUT2D eigenvalue weighted by molar-refractivity contribution is 7.86. The number of hydrogen-bond acceptors (Lipinski definition) is 3. The molecule has 0 aromatic carbocycles. The molecule has 1 atom stereocenters. The van der Waals surface area contributed by atoms with E-state index in [1.165, 1.54) is 0 Å². The van der Waals surface area contributed by atoms with E-state index in [4.69, 9.17) is 9.66 Å². The standard InChI is InChI=1S/C8H18O4S/c1-7(2)5-3-4-6-8(9)13(10,11)12/h7-9H,3-6H2,1-2H3,(H,10,11,12). The lowest BCUT2D eigenvalue weighted by atomic mass is 10.1. The number of aliphatic hydroxyl groups is 1. The smallest absolute Gasteiger partial charge is 0.291 e. The molecular formula is C8H18O4S. The third-order valence-electron chi connectivity index (χ3n) is 1.83. The Labute approximate surface area is 79.7 Å². The average Bonchev–Trinajstić information content (AvgIpc) is 1.95. The largest absolute Gasteiger partial charge is 0.375 e. The molecule has 0 aliphatic rings. The highest BCUT2D eigenvalue weighted by atomic mass is 32.2. The van der Waals surface area contributed by atoms with Crippen molar-refractivity contribution < 1.29 is 18.1 Å². The Morgan fingerprint density at radius 3 is 2.00 bits per heavy atom. The number of hydrogen-bond donors (Lipinski definition) is 2. The lowest BCUT2D eigenvalue weighted by Gasteiger charge is -2.07. The van der Waals surface area contributed by atoms with Crippen LogP contribution in [0.1, 0.15) is 39.5 Å². The minimum absolute atomic E-state index is 0.117. The van der Waals surface area contributed by atoms with Crippen LogP contribution in [0.4, 0.5) is 0 Å². The summed E-state index contributed by atoms with van der Waals surface area (Å²) in [6, 6.07) is 0. The summed E-state index contributed by atoms with van der Waals surface area (Å²) in [5.74, 6) is 0.586. The molecule has 5 heteroatoms. The van der Waals surface area contributed by atoms with Crippen molar-refractivity contribution in [3.05, 3.63) is 0 Å². The van der Waals surface area contributed by atoms with Gasteiger partial charge in [-0.1, -0.05) is 26.7 Å². The lowest BCUT2D eigenvalue weighted by molar-refractivity contribution is 0.218. The maximum Gasteiger partial charge on any atom is 0.291 e. The summed E-state index contributed by atoms with van der Waals surface area (Å²) in [5, 5.41) is 8.91. The van der Waals surface area contributed by atoms with E-state index >= 15 is 0 Å². The molecule has 0 aromatic heterocycles. The fraction of sp³-hybridized carbons (Fsp3) is 1.00. The lowest BCUT2D eigenvalue weighted by Crippen LogP contribution is -2.19. The van der Waals surface area contributed by atoms with Gasteiger partial charge < -0.3 is 5.11 Å². The summed E-state index contributed by atoms with van der Waals surface area (Å²) in [7, 11) is -4.25. The van der Waals surface area contributed by atoms with Gasteiger partial charge in [0, 0.05) is 0 Å². The van der Waals surface area contributed by atoms with Crippen LogP contribution < -0.4 is 0 Å². The summed E-state index contributed by atoms with van der Waals surface area (Å²) < 4.78 is 29.1. The zero-order valence-electron chi connectivity index (χ0n) is 8.10. The Morgan fingerprint density at radius 1 is 1.15 bits per heavy atom. The molecule has 0 aliphatic heterocycles. The van der Waals surface area contributed by atoms with E-state index in [0.29, 0.717) is 12.3 Å². The molecule has 0 bridgehead atoms. The molecule has 0 rings (SSSR count). The van der Waals surface area contributed by atoms with Crippen molar-refractivity contribution in [2.45, 2.75) is 45.0 Å². The van der Waals surface area contributed by atoms with Crippen LogP contribution in [0.3, 0.4) is 0 Å². The summed E-state index contributed by atoms with van der Waals surface area (Å²) in [5.41, 5.74) is -1.61. The molecule has 0 heterocycles. The zero-order chi connectivity index (χ0) is 10.5. The zero-order valence-corrected chi connectivity index (χ0v) is 8.92. The van der Waals surface area contributed by atoms with Gasteiger partial charge in [0.2, 0.25) is 0 Å². The van der Waals surface area contributed by atoms with Gasteiger partial charge in [0.05, 0.1) is 0 Å². The highest BCUT2D eigenvalue weighted by Gasteiger charge is 2.18. The first-order valence-corrected chi connectivity index (χ1v) is 5.98. The Morgan fingerprint density at radius 2 is 1.62 bits per heavy atom. The SMILES string of the molecule is CC(C)CCCCC(O)S(=O)(=O)O. The summed E-state index contributed by atoms with van der Waals surface area (Å²) >= 11 is 0. The molecule has 0 aliphatic carbocycles. The fourth-order valence-electron chi connectivity index (χ4n) is 1.02. The fourth-order valence-corrected chi connectivity index (χ4v) is 1.48. The molecule has 0 amide bonds. The molecule has 0 fully saturated rings. The second kappa shape index (κ2) is 5.57. The monoisotopic (exact) mass is 210 g/mol. The van der Waals surface area contributed by atoms with Crippen LogP contribution in [-0.4, -0.2) is 23.5 Å². The van der Waals surface area contributed by atoms with E-state index in [1.54, 1.807) is 0 Å². The third kappa shape index (κ3) is 6.98. The number of aliphatic hydroxyl groups excluding tert-OH is 1. The van der Waals surface area contributed by atoms with Crippen molar-refractivity contribution in [3.63, 3.8) is 0 Å². The van der Waals surface area contributed by atoms with Gasteiger partial charge >= 0.3 is 0 Å². The van der Waals surface area contributed by atoms with Gasteiger partial charge in [-0.25, -0.2) is 0 Å². The normalized spacial score (nSPS) is 14.8. The molecule has 0 saturated carbocycles. The number of rotatable bonds is 6. The topological polar surface area (TPSA) is 74.6 Å². The predicted octanol–water partition coefficient (Wildman–Crippen LogP) is 1.41. The van der Waals surface area contributed by atoms with Crippen LogP contribution in [-0.2, 0) is 10.1 Å². The molecule has 4 nitrogen and oxygen atoms in total. The molecular weight excluding hydrogens is 192 g/mol. The summed E-state index contributed by atoms with van der Waals surface area (Å²) in [6.07, 6.45) is 2.63. The summed E-state index contributed by atoms with van der Waals surface area (Å²) in [4.78, 5) is 0. The molecule has 0 aromatic rings. The van der Waals surface area contributed by atoms with E-state index in [1.807, 2.05) is 0 Å². The van der Waals surface area contributed by atoms with E-state index < -0.39 is 15.6 Å². The van der Waals surface area contributed by atoms with Crippen molar-refractivity contribution in [1.29, 1.82) is 0 Å². The first-order valence-electron chi connectivity index (χ1n) is 4.48. The maximum absolute atomic E-state index is 10.4. The first-order chi connectivity index (χ1) is 5.84. The van der Waals surface area contributed by atoms with Crippen molar-refractivity contribution in [2.24, 2.45) is 5.92 Å². The Kier molecular flexibility index (Phi) is 5.51. The third-order valence-corrected chi connectivity index (χ3v) is 2.75. The van der Waals surface area contributed by atoms with Crippen molar-refractivity contribution in [1.82, 2.24) is 0 Å². The molecule has 0 radical (unpaired) electrons. The van der Waals surface area contributed by atoms with Gasteiger partial charge in [-0.3, -0.25) is 4.55 Å². The van der Waals surface area contributed by atoms with Crippen LogP contribution in [0, 0.1) is 5.92 Å². The second-order valence-electron chi connectivity index (χ2n) is 3.65. The van der Waals surface area contributed by atoms with Crippen LogP contribution in [0.2, 0.25) is 0 Å². The van der Waals surface area contributed by atoms with Gasteiger partial charge in [-0.15, -0.1) is 0 Å². The average molecular weight is 210 g/mol. The molecule has 0 spiro atoms. The maximum atomic E-state index is 10.4. The first kappa shape index (κ1) is 12.9. The van der Waals surface area contributed by atoms with Gasteiger partial charge in [-0.05, 0) is 18.8 Å². The van der Waals surface area contributed by atoms with Gasteiger partial charge in [0.15, 0.2) is 5.44 Å². The predicted molar refractivity (Wildman–Crippen MR) is 50.9 cm³/mol. The molecule has 1 unspecified atom stereocenters. The Hall–Kier alpha value is -0.130. The van der Waals surface area contributed by atoms with Gasteiger partial charge in [0.1, 0.15) is 0 Å². The van der Waals surface area contributed by atoms with Crippen LogP contribution in [0.15, 0.2) is 0 Å². The molecule has 2 N–H and O–H groups in total. The highest BCUT2D eigenvalue weighted by Crippen LogP contribution is 2.11. The Balaban J connectivity index is 3.55. The van der Waals surface area contributed by atoms with E-state index in [0.717, 1.165) is 12.8 Å². The molecule has 0 saturated heterocycles. The van der Waals surface area contributed by atoms with Crippen LogP contribution in [0.5, 0.6) is 0 Å². The quantitative estimate of drug-likeness (QED) is 0.513. The minimum Gasteiger partial charge on any atom is -0.375 e. The summed E-state index contributed by atoms with van der Waals surface area (Å²) in [6.45, 7) is 4.17. The van der Waals surface area contributed by atoms with Crippen LogP contribution in [0.25, 0.3) is 0 Å². The minimum atomic E-state index is -4.25. The van der Waals surface area contributed by atoms with Crippen LogP contribution >= 0.6 is 0 Å². The van der Waals surface area contributed by atoms with Crippen molar-refractivity contribution in [3.8, 4) is 0 Å². The van der Waals surface area contributed by atoms with Crippen molar-refractivity contribution in [2.75, 3.05) is 0 Å². The van der Waals surface area contributed by atoms with Crippen molar-refractivity contribution >= 4 is 10.1 Å². The number of unbranched alkanes of at least 4 members (excludes halogenated alkanes) is 1.